The molecule has 1 aromatic rings. The lowest BCUT2D eigenvalue weighted by Gasteiger charge is -2.31. The van der Waals surface area contributed by atoms with Crippen molar-refractivity contribution in [1.82, 2.24) is 0 Å². The molecule has 1 fully saturated rings. The molecule has 0 aliphatic heterocycles. The van der Waals surface area contributed by atoms with E-state index in [1.807, 2.05) is 0 Å². The first kappa shape index (κ1) is 10.5. The zero-order valence-electron chi connectivity index (χ0n) is 8.14. The fourth-order valence-corrected chi connectivity index (χ4v) is 1.87. The molecular weight excluding hydrogens is 203 g/mol. The summed E-state index contributed by atoms with van der Waals surface area (Å²) in [7, 11) is 0. The summed E-state index contributed by atoms with van der Waals surface area (Å²) < 4.78 is 39.1. The summed E-state index contributed by atoms with van der Waals surface area (Å²) >= 11 is 0. The van der Waals surface area contributed by atoms with Gasteiger partial charge in [-0.3, -0.25) is 0 Å². The molecule has 1 aliphatic carbocycles. The molecule has 4 heteroatoms. The molecule has 2 N–H and O–H groups in total. The quantitative estimate of drug-likeness (QED) is 0.754. The van der Waals surface area contributed by atoms with E-state index >= 15 is 0 Å². The molecule has 2 rings (SSSR count). The van der Waals surface area contributed by atoms with Crippen molar-refractivity contribution in [3.8, 4) is 0 Å². The maximum atomic E-state index is 13.3. The summed E-state index contributed by atoms with van der Waals surface area (Å²) in [6.45, 7) is 0. The van der Waals surface area contributed by atoms with Gasteiger partial charge in [0.1, 0.15) is 5.82 Å². The predicted molar refractivity (Wildman–Crippen MR) is 50.6 cm³/mol. The van der Waals surface area contributed by atoms with E-state index in [1.54, 1.807) is 0 Å². The second kappa shape index (κ2) is 3.85. The van der Waals surface area contributed by atoms with Crippen molar-refractivity contribution in [2.45, 2.75) is 25.3 Å². The van der Waals surface area contributed by atoms with E-state index in [4.69, 9.17) is 5.73 Å². The minimum atomic E-state index is -1.17. The van der Waals surface area contributed by atoms with Crippen molar-refractivity contribution < 1.29 is 13.2 Å². The Morgan fingerprint density at radius 2 is 1.87 bits per heavy atom. The van der Waals surface area contributed by atoms with Crippen molar-refractivity contribution in [1.29, 1.82) is 0 Å². The average molecular weight is 215 g/mol. The van der Waals surface area contributed by atoms with Crippen LogP contribution in [-0.2, 0) is 0 Å². The monoisotopic (exact) mass is 215 g/mol. The van der Waals surface area contributed by atoms with Gasteiger partial charge in [-0.05, 0) is 24.8 Å². The van der Waals surface area contributed by atoms with Gasteiger partial charge < -0.3 is 5.73 Å². The Kier molecular flexibility index (Phi) is 2.69. The molecule has 1 atom stereocenters. The Morgan fingerprint density at radius 3 is 2.40 bits per heavy atom. The molecule has 1 aromatic carbocycles. The van der Waals surface area contributed by atoms with E-state index in [2.05, 4.69) is 0 Å². The number of rotatable bonds is 2. The number of benzene rings is 1. The maximum absolute atomic E-state index is 13.3. The Hall–Kier alpha value is -1.03. The van der Waals surface area contributed by atoms with Crippen LogP contribution < -0.4 is 5.73 Å². The Bertz CT molecular complexity index is 374. The molecule has 0 radical (unpaired) electrons. The number of hydrogen-bond donors (Lipinski definition) is 1. The lowest BCUT2D eigenvalue weighted by Crippen LogP contribution is -2.28. The lowest BCUT2D eigenvalue weighted by atomic mass is 9.77. The summed E-state index contributed by atoms with van der Waals surface area (Å²) in [5.74, 6) is -2.81. The first-order valence-electron chi connectivity index (χ1n) is 4.99. The van der Waals surface area contributed by atoms with Gasteiger partial charge in [0.25, 0.3) is 0 Å². The molecule has 1 nitrogen and oxygen atoms in total. The Balaban J connectivity index is 2.33. The standard InChI is InChI=1S/C11H12F3N/c12-7-4-8(10(14)9(13)5-7)11(15)6-2-1-3-6/h4-6,11H,1-3,15H2/t11-/m1/s1. The van der Waals surface area contributed by atoms with Crippen molar-refractivity contribution in [3.05, 3.63) is 35.1 Å². The summed E-state index contributed by atoms with van der Waals surface area (Å²) in [6, 6.07) is 0.928. The van der Waals surface area contributed by atoms with Crippen LogP contribution in [0, 0.1) is 23.4 Å². The zero-order chi connectivity index (χ0) is 11.0. The molecule has 82 valence electrons. The van der Waals surface area contributed by atoms with Crippen molar-refractivity contribution >= 4 is 0 Å². The minimum absolute atomic E-state index is 0.0443. The van der Waals surface area contributed by atoms with Gasteiger partial charge in [0.05, 0.1) is 0 Å². The molecule has 0 amide bonds. The number of hydrogen-bond acceptors (Lipinski definition) is 1. The van der Waals surface area contributed by atoms with Crippen LogP contribution in [0.4, 0.5) is 13.2 Å². The van der Waals surface area contributed by atoms with Crippen LogP contribution in [0.3, 0.4) is 0 Å². The van der Waals surface area contributed by atoms with Crippen LogP contribution in [0.5, 0.6) is 0 Å². The molecule has 0 aromatic heterocycles. The predicted octanol–water partition coefficient (Wildman–Crippen LogP) is 2.90. The largest absolute Gasteiger partial charge is 0.324 e. The van der Waals surface area contributed by atoms with E-state index in [-0.39, 0.29) is 11.5 Å². The van der Waals surface area contributed by atoms with Gasteiger partial charge in [-0.25, -0.2) is 13.2 Å². The molecule has 0 saturated heterocycles. The summed E-state index contributed by atoms with van der Waals surface area (Å²) in [5, 5.41) is 0. The molecular formula is C11H12F3N. The Morgan fingerprint density at radius 1 is 1.20 bits per heavy atom. The van der Waals surface area contributed by atoms with Crippen LogP contribution in [-0.4, -0.2) is 0 Å². The van der Waals surface area contributed by atoms with E-state index in [0.29, 0.717) is 6.07 Å². The number of halogens is 3. The highest BCUT2D eigenvalue weighted by Gasteiger charge is 2.28. The van der Waals surface area contributed by atoms with Crippen molar-refractivity contribution in [2.75, 3.05) is 0 Å². The van der Waals surface area contributed by atoms with Gasteiger partial charge in [0.2, 0.25) is 0 Å². The fraction of sp³-hybridized carbons (Fsp3) is 0.455. The first-order valence-corrected chi connectivity index (χ1v) is 4.99. The van der Waals surface area contributed by atoms with Crippen molar-refractivity contribution in [3.63, 3.8) is 0 Å². The van der Waals surface area contributed by atoms with Gasteiger partial charge in [-0.1, -0.05) is 6.42 Å². The van der Waals surface area contributed by atoms with Gasteiger partial charge in [0.15, 0.2) is 11.6 Å². The summed E-state index contributed by atoms with van der Waals surface area (Å²) in [5.41, 5.74) is 5.72. The van der Waals surface area contributed by atoms with Crippen molar-refractivity contribution in [2.24, 2.45) is 11.7 Å². The second-order valence-electron chi connectivity index (χ2n) is 4.01. The van der Waals surface area contributed by atoms with Crippen LogP contribution in [0.2, 0.25) is 0 Å². The van der Waals surface area contributed by atoms with Crippen LogP contribution >= 0.6 is 0 Å². The van der Waals surface area contributed by atoms with Crippen LogP contribution in [0.1, 0.15) is 30.9 Å². The highest BCUT2D eigenvalue weighted by molar-refractivity contribution is 5.24. The summed E-state index contributed by atoms with van der Waals surface area (Å²) in [6.07, 6.45) is 2.86. The zero-order valence-corrected chi connectivity index (χ0v) is 8.14. The molecule has 15 heavy (non-hydrogen) atoms. The summed E-state index contributed by atoms with van der Waals surface area (Å²) in [4.78, 5) is 0. The topological polar surface area (TPSA) is 26.0 Å². The van der Waals surface area contributed by atoms with E-state index in [9.17, 15) is 13.2 Å². The molecule has 0 unspecified atom stereocenters. The molecule has 0 heterocycles. The second-order valence-corrected chi connectivity index (χ2v) is 4.01. The molecule has 0 spiro atoms. The fourth-order valence-electron chi connectivity index (χ4n) is 1.87. The van der Waals surface area contributed by atoms with Crippen LogP contribution in [0.25, 0.3) is 0 Å². The molecule has 1 saturated carbocycles. The minimum Gasteiger partial charge on any atom is -0.324 e. The van der Waals surface area contributed by atoms with Gasteiger partial charge >= 0.3 is 0 Å². The van der Waals surface area contributed by atoms with Gasteiger partial charge in [-0.15, -0.1) is 0 Å². The smallest absolute Gasteiger partial charge is 0.163 e. The lowest BCUT2D eigenvalue weighted by molar-refractivity contribution is 0.258. The first-order chi connectivity index (χ1) is 7.09. The Labute approximate surface area is 86.1 Å². The molecule has 0 bridgehead atoms. The van der Waals surface area contributed by atoms with E-state index < -0.39 is 23.5 Å². The highest BCUT2D eigenvalue weighted by Crippen LogP contribution is 2.37. The third-order valence-corrected chi connectivity index (χ3v) is 3.04. The van der Waals surface area contributed by atoms with Gasteiger partial charge in [0, 0.05) is 17.7 Å². The third kappa shape index (κ3) is 1.86. The normalized spacial score (nSPS) is 18.7. The SMILES string of the molecule is N[C@@H](c1cc(F)cc(F)c1F)C1CCC1. The van der Waals surface area contributed by atoms with Gasteiger partial charge in [-0.2, -0.15) is 0 Å². The third-order valence-electron chi connectivity index (χ3n) is 3.04. The highest BCUT2D eigenvalue weighted by atomic mass is 19.2. The molecule has 1 aliphatic rings. The van der Waals surface area contributed by atoms with E-state index in [0.717, 1.165) is 25.3 Å². The maximum Gasteiger partial charge on any atom is 0.163 e. The van der Waals surface area contributed by atoms with Crippen LogP contribution in [0.15, 0.2) is 12.1 Å². The number of nitrogens with two attached hydrogens (primary N) is 1. The average Bonchev–Trinajstić information content (AvgIpc) is 2.08. The van der Waals surface area contributed by atoms with E-state index in [1.165, 1.54) is 0 Å².